The number of ketones is 1. The Balaban J connectivity index is 2.86. The number of ether oxygens (including phenoxy) is 1. The number of carbonyl (C=O) groups is 1. The van der Waals surface area contributed by atoms with E-state index in [-0.39, 0.29) is 5.78 Å². The molecule has 0 atom stereocenters. The van der Waals surface area contributed by atoms with E-state index in [0.717, 1.165) is 17.6 Å². The van der Waals surface area contributed by atoms with Gasteiger partial charge in [-0.25, -0.2) is 0 Å². The summed E-state index contributed by atoms with van der Waals surface area (Å²) >= 11 is 0. The molecule has 1 aromatic carbocycles. The lowest BCUT2D eigenvalue weighted by molar-refractivity contribution is 0.0980. The standard InChI is InChI=1S/C14H18O2/c1-10(2)5-8-13(15)12-7-6-11(3)9-14(12)16-4/h6-7,9H,1,5,8H2,2-4H3. The molecule has 0 radical (unpaired) electrons. The highest BCUT2D eigenvalue weighted by Crippen LogP contribution is 2.22. The number of hydrogen-bond acceptors (Lipinski definition) is 2. The van der Waals surface area contributed by atoms with Crippen molar-refractivity contribution in [2.24, 2.45) is 0 Å². The average molecular weight is 218 g/mol. The lowest BCUT2D eigenvalue weighted by atomic mass is 10.0. The van der Waals surface area contributed by atoms with Crippen LogP contribution in [-0.2, 0) is 0 Å². The first-order valence-electron chi connectivity index (χ1n) is 5.37. The van der Waals surface area contributed by atoms with E-state index in [4.69, 9.17) is 4.74 Å². The average Bonchev–Trinajstić information content (AvgIpc) is 2.25. The van der Waals surface area contributed by atoms with Crippen LogP contribution in [0.3, 0.4) is 0 Å². The Hall–Kier alpha value is -1.57. The fraction of sp³-hybridized carbons (Fsp3) is 0.357. The number of rotatable bonds is 5. The van der Waals surface area contributed by atoms with Crippen LogP contribution in [0.2, 0.25) is 0 Å². The molecule has 0 fully saturated rings. The summed E-state index contributed by atoms with van der Waals surface area (Å²) in [7, 11) is 1.59. The Kier molecular flexibility index (Phi) is 4.29. The zero-order valence-electron chi connectivity index (χ0n) is 10.2. The SMILES string of the molecule is C=C(C)CCC(=O)c1ccc(C)cc1OC. The third-order valence-electron chi connectivity index (χ3n) is 2.44. The van der Waals surface area contributed by atoms with Crippen molar-refractivity contribution >= 4 is 5.78 Å². The van der Waals surface area contributed by atoms with E-state index in [0.29, 0.717) is 17.7 Å². The summed E-state index contributed by atoms with van der Waals surface area (Å²) in [4.78, 5) is 11.9. The monoisotopic (exact) mass is 218 g/mol. The number of allylic oxidation sites excluding steroid dienone is 1. The van der Waals surface area contributed by atoms with Gasteiger partial charge in [-0.3, -0.25) is 4.79 Å². The highest BCUT2D eigenvalue weighted by molar-refractivity contribution is 5.98. The minimum absolute atomic E-state index is 0.111. The van der Waals surface area contributed by atoms with E-state index in [1.54, 1.807) is 7.11 Å². The minimum Gasteiger partial charge on any atom is -0.496 e. The molecule has 16 heavy (non-hydrogen) atoms. The maximum Gasteiger partial charge on any atom is 0.166 e. The third kappa shape index (κ3) is 3.23. The van der Waals surface area contributed by atoms with E-state index in [1.165, 1.54) is 0 Å². The normalized spacial score (nSPS) is 9.94. The molecule has 0 N–H and O–H groups in total. The molecular weight excluding hydrogens is 200 g/mol. The van der Waals surface area contributed by atoms with Crippen molar-refractivity contribution in [3.8, 4) is 5.75 Å². The highest BCUT2D eigenvalue weighted by atomic mass is 16.5. The van der Waals surface area contributed by atoms with Gasteiger partial charge in [0, 0.05) is 6.42 Å². The number of Topliss-reactive ketones (excluding diaryl/α,β-unsaturated/α-hetero) is 1. The maximum atomic E-state index is 11.9. The maximum absolute atomic E-state index is 11.9. The van der Waals surface area contributed by atoms with E-state index >= 15 is 0 Å². The molecular formula is C14H18O2. The van der Waals surface area contributed by atoms with Crippen molar-refractivity contribution in [1.82, 2.24) is 0 Å². The van der Waals surface area contributed by atoms with E-state index < -0.39 is 0 Å². The summed E-state index contributed by atoms with van der Waals surface area (Å²) in [6, 6.07) is 5.64. The molecule has 0 aliphatic heterocycles. The van der Waals surface area contributed by atoms with Crippen LogP contribution in [-0.4, -0.2) is 12.9 Å². The molecule has 0 saturated carbocycles. The summed E-state index contributed by atoms with van der Waals surface area (Å²) in [5.41, 5.74) is 2.78. The first-order valence-corrected chi connectivity index (χ1v) is 5.37. The number of carbonyl (C=O) groups excluding carboxylic acids is 1. The molecule has 0 aromatic heterocycles. The Morgan fingerprint density at radius 1 is 1.38 bits per heavy atom. The molecule has 0 bridgehead atoms. The molecule has 0 aliphatic carbocycles. The smallest absolute Gasteiger partial charge is 0.166 e. The molecule has 0 heterocycles. The van der Waals surface area contributed by atoms with Crippen molar-refractivity contribution in [3.05, 3.63) is 41.5 Å². The second-order valence-electron chi connectivity index (χ2n) is 4.08. The Bertz CT molecular complexity index is 405. The molecule has 2 nitrogen and oxygen atoms in total. The summed E-state index contributed by atoms with van der Waals surface area (Å²) in [5, 5.41) is 0. The first kappa shape index (κ1) is 12.5. The van der Waals surface area contributed by atoms with E-state index in [2.05, 4.69) is 6.58 Å². The number of methoxy groups -OCH3 is 1. The van der Waals surface area contributed by atoms with Crippen LogP contribution in [0.1, 0.15) is 35.7 Å². The molecule has 1 aromatic rings. The summed E-state index contributed by atoms with van der Waals surface area (Å²) in [6.07, 6.45) is 1.23. The highest BCUT2D eigenvalue weighted by Gasteiger charge is 2.11. The van der Waals surface area contributed by atoms with Crippen molar-refractivity contribution in [2.75, 3.05) is 7.11 Å². The zero-order valence-corrected chi connectivity index (χ0v) is 10.2. The largest absolute Gasteiger partial charge is 0.496 e. The topological polar surface area (TPSA) is 26.3 Å². The lowest BCUT2D eigenvalue weighted by Gasteiger charge is -2.08. The summed E-state index contributed by atoms with van der Waals surface area (Å²) < 4.78 is 5.21. The van der Waals surface area contributed by atoms with Crippen LogP contribution in [0.25, 0.3) is 0 Å². The Labute approximate surface area is 96.9 Å². The van der Waals surface area contributed by atoms with Gasteiger partial charge in [-0.1, -0.05) is 11.6 Å². The molecule has 0 amide bonds. The van der Waals surface area contributed by atoms with Gasteiger partial charge in [0.25, 0.3) is 0 Å². The van der Waals surface area contributed by atoms with Gasteiger partial charge >= 0.3 is 0 Å². The van der Waals surface area contributed by atoms with Crippen LogP contribution in [0.5, 0.6) is 5.75 Å². The van der Waals surface area contributed by atoms with E-state index in [1.807, 2.05) is 32.0 Å². The molecule has 86 valence electrons. The second-order valence-corrected chi connectivity index (χ2v) is 4.08. The first-order chi connectivity index (χ1) is 7.54. The van der Waals surface area contributed by atoms with Gasteiger partial charge < -0.3 is 4.74 Å². The van der Waals surface area contributed by atoms with Gasteiger partial charge in [-0.2, -0.15) is 0 Å². The van der Waals surface area contributed by atoms with Crippen LogP contribution < -0.4 is 4.74 Å². The third-order valence-corrected chi connectivity index (χ3v) is 2.44. The van der Waals surface area contributed by atoms with Gasteiger partial charge in [0.05, 0.1) is 12.7 Å². The Morgan fingerprint density at radius 2 is 2.06 bits per heavy atom. The predicted octanol–water partition coefficient (Wildman–Crippen LogP) is 3.54. The molecule has 0 spiro atoms. The van der Waals surface area contributed by atoms with Crippen molar-refractivity contribution in [3.63, 3.8) is 0 Å². The van der Waals surface area contributed by atoms with Crippen LogP contribution in [0, 0.1) is 6.92 Å². The summed E-state index contributed by atoms with van der Waals surface area (Å²) in [6.45, 7) is 7.70. The quantitative estimate of drug-likeness (QED) is 0.558. The summed E-state index contributed by atoms with van der Waals surface area (Å²) in [5.74, 6) is 0.770. The van der Waals surface area contributed by atoms with Gasteiger partial charge in [-0.05, 0) is 38.0 Å². The van der Waals surface area contributed by atoms with Crippen molar-refractivity contribution in [1.29, 1.82) is 0 Å². The second kappa shape index (κ2) is 5.50. The number of aryl methyl sites for hydroxylation is 1. The molecule has 0 saturated heterocycles. The minimum atomic E-state index is 0.111. The molecule has 2 heteroatoms. The molecule has 0 unspecified atom stereocenters. The fourth-order valence-corrected chi connectivity index (χ4v) is 1.49. The molecule has 1 rings (SSSR count). The van der Waals surface area contributed by atoms with Crippen molar-refractivity contribution in [2.45, 2.75) is 26.7 Å². The number of hydrogen-bond donors (Lipinski definition) is 0. The zero-order chi connectivity index (χ0) is 12.1. The van der Waals surface area contributed by atoms with E-state index in [9.17, 15) is 4.79 Å². The fourth-order valence-electron chi connectivity index (χ4n) is 1.49. The van der Waals surface area contributed by atoms with Gasteiger partial charge in [0.15, 0.2) is 5.78 Å². The van der Waals surface area contributed by atoms with Gasteiger partial charge in [0.1, 0.15) is 5.75 Å². The van der Waals surface area contributed by atoms with Crippen LogP contribution in [0.15, 0.2) is 30.4 Å². The van der Waals surface area contributed by atoms with Crippen LogP contribution >= 0.6 is 0 Å². The van der Waals surface area contributed by atoms with Gasteiger partial charge in [0.2, 0.25) is 0 Å². The Morgan fingerprint density at radius 3 is 2.62 bits per heavy atom. The number of benzene rings is 1. The predicted molar refractivity (Wildman–Crippen MR) is 66.1 cm³/mol. The van der Waals surface area contributed by atoms with Gasteiger partial charge in [-0.15, -0.1) is 6.58 Å². The molecule has 0 aliphatic rings. The lowest BCUT2D eigenvalue weighted by Crippen LogP contribution is -2.02. The van der Waals surface area contributed by atoms with Crippen molar-refractivity contribution < 1.29 is 9.53 Å². The van der Waals surface area contributed by atoms with Crippen LogP contribution in [0.4, 0.5) is 0 Å².